The lowest BCUT2D eigenvalue weighted by Gasteiger charge is -2.25. The van der Waals surface area contributed by atoms with E-state index in [9.17, 15) is 13.2 Å². The third-order valence-corrected chi connectivity index (χ3v) is 7.16. The van der Waals surface area contributed by atoms with Crippen molar-refractivity contribution in [3.63, 3.8) is 0 Å². The van der Waals surface area contributed by atoms with Gasteiger partial charge in [-0.2, -0.15) is 0 Å². The smallest absolute Gasteiger partial charge is 0.264 e. The van der Waals surface area contributed by atoms with Crippen molar-refractivity contribution in [3.05, 3.63) is 77.4 Å². The predicted octanol–water partition coefficient (Wildman–Crippen LogP) is 3.84. The van der Waals surface area contributed by atoms with Crippen LogP contribution < -0.4 is 23.8 Å². The lowest BCUT2D eigenvalue weighted by molar-refractivity contribution is -0.119. The van der Waals surface area contributed by atoms with Crippen LogP contribution in [0.4, 0.5) is 5.69 Å². The van der Waals surface area contributed by atoms with Crippen molar-refractivity contribution in [1.29, 1.82) is 0 Å². The number of carbonyl (C=O) groups excluding carboxylic acids is 1. The minimum Gasteiger partial charge on any atom is -0.496 e. The normalized spacial score (nSPS) is 11.0. The van der Waals surface area contributed by atoms with Crippen LogP contribution in [0.1, 0.15) is 16.7 Å². The van der Waals surface area contributed by atoms with Gasteiger partial charge < -0.3 is 19.5 Å². The van der Waals surface area contributed by atoms with E-state index in [1.54, 1.807) is 25.3 Å². The zero-order valence-corrected chi connectivity index (χ0v) is 21.3. The van der Waals surface area contributed by atoms with Crippen molar-refractivity contribution in [3.8, 4) is 17.2 Å². The van der Waals surface area contributed by atoms with E-state index >= 15 is 0 Å². The van der Waals surface area contributed by atoms with Crippen molar-refractivity contribution in [1.82, 2.24) is 5.32 Å². The van der Waals surface area contributed by atoms with Crippen LogP contribution in [0.5, 0.6) is 17.2 Å². The summed E-state index contributed by atoms with van der Waals surface area (Å²) in [4.78, 5) is 12.9. The summed E-state index contributed by atoms with van der Waals surface area (Å²) >= 11 is 0. The molecule has 0 aromatic heterocycles. The second-order valence-electron chi connectivity index (χ2n) is 7.96. The first kappa shape index (κ1) is 25.9. The van der Waals surface area contributed by atoms with Gasteiger partial charge in [0.05, 0.1) is 31.9 Å². The Kier molecular flexibility index (Phi) is 8.24. The number of benzene rings is 3. The molecule has 0 spiro atoms. The first-order valence-electron chi connectivity index (χ1n) is 10.9. The molecular formula is C26H30N2O6S. The lowest BCUT2D eigenvalue weighted by Crippen LogP contribution is -2.40. The SMILES string of the molecule is COc1ccccc1CNC(=O)CN(c1cc(C)cc(C)c1)S(=O)(=O)c1ccc(OC)c(OC)c1. The lowest BCUT2D eigenvalue weighted by atomic mass is 10.1. The van der Waals surface area contributed by atoms with Gasteiger partial charge in [0, 0.05) is 18.2 Å². The molecule has 0 fully saturated rings. The number of ether oxygens (including phenoxy) is 3. The standard InChI is InChI=1S/C26H30N2O6S/c1-18-12-19(2)14-21(13-18)28(17-26(29)27-16-20-8-6-7-9-23(20)32-3)35(30,31)22-10-11-24(33-4)25(15-22)34-5/h6-15H,16-17H2,1-5H3,(H,27,29). The number of hydrogen-bond acceptors (Lipinski definition) is 6. The van der Waals surface area contributed by atoms with Gasteiger partial charge in [0.15, 0.2) is 11.5 Å². The monoisotopic (exact) mass is 498 g/mol. The highest BCUT2D eigenvalue weighted by atomic mass is 32.2. The Bertz CT molecular complexity index is 1290. The fourth-order valence-corrected chi connectivity index (χ4v) is 5.16. The van der Waals surface area contributed by atoms with Crippen LogP contribution in [-0.2, 0) is 21.4 Å². The molecule has 0 radical (unpaired) electrons. The third kappa shape index (κ3) is 6.05. The van der Waals surface area contributed by atoms with Gasteiger partial charge in [0.1, 0.15) is 12.3 Å². The summed E-state index contributed by atoms with van der Waals surface area (Å²) in [6.45, 7) is 3.54. The van der Waals surface area contributed by atoms with E-state index < -0.39 is 22.5 Å². The molecule has 0 saturated heterocycles. The highest BCUT2D eigenvalue weighted by Gasteiger charge is 2.28. The molecule has 8 nitrogen and oxygen atoms in total. The quantitative estimate of drug-likeness (QED) is 0.457. The van der Waals surface area contributed by atoms with E-state index in [4.69, 9.17) is 14.2 Å². The fourth-order valence-electron chi connectivity index (χ4n) is 3.74. The van der Waals surface area contributed by atoms with Crippen LogP contribution in [0.2, 0.25) is 0 Å². The Morgan fingerprint density at radius 1 is 0.829 bits per heavy atom. The summed E-state index contributed by atoms with van der Waals surface area (Å²) in [5.74, 6) is 0.851. The van der Waals surface area contributed by atoms with Crippen molar-refractivity contribution >= 4 is 21.6 Å². The van der Waals surface area contributed by atoms with Gasteiger partial charge in [-0.3, -0.25) is 9.10 Å². The Morgan fingerprint density at radius 2 is 1.46 bits per heavy atom. The molecule has 1 amide bonds. The minimum atomic E-state index is -4.12. The maximum absolute atomic E-state index is 13.8. The van der Waals surface area contributed by atoms with Crippen LogP contribution in [0.15, 0.2) is 65.6 Å². The summed E-state index contributed by atoms with van der Waals surface area (Å²) in [5, 5.41) is 2.80. The van der Waals surface area contributed by atoms with Crippen molar-refractivity contribution in [2.75, 3.05) is 32.2 Å². The Labute approximate surface area is 206 Å². The van der Waals surface area contributed by atoms with Gasteiger partial charge in [0.25, 0.3) is 10.0 Å². The van der Waals surface area contributed by atoms with Crippen LogP contribution in [0, 0.1) is 13.8 Å². The van der Waals surface area contributed by atoms with Gasteiger partial charge in [-0.25, -0.2) is 8.42 Å². The molecule has 0 atom stereocenters. The molecule has 0 saturated carbocycles. The molecule has 35 heavy (non-hydrogen) atoms. The van der Waals surface area contributed by atoms with Gasteiger partial charge in [0.2, 0.25) is 5.91 Å². The zero-order valence-electron chi connectivity index (χ0n) is 20.5. The predicted molar refractivity (Wildman–Crippen MR) is 135 cm³/mol. The van der Waals surface area contributed by atoms with E-state index in [1.807, 2.05) is 38.1 Å². The summed E-state index contributed by atoms with van der Waals surface area (Å²) in [5.41, 5.74) is 2.93. The second kappa shape index (κ2) is 11.1. The number of rotatable bonds is 10. The molecule has 3 aromatic rings. The largest absolute Gasteiger partial charge is 0.496 e. The van der Waals surface area contributed by atoms with Crippen molar-refractivity contribution < 1.29 is 27.4 Å². The summed E-state index contributed by atoms with van der Waals surface area (Å²) < 4.78 is 44.5. The number of sulfonamides is 1. The molecule has 0 aliphatic rings. The molecule has 3 rings (SSSR count). The number of nitrogens with one attached hydrogen (secondary N) is 1. The van der Waals surface area contributed by atoms with Crippen LogP contribution in [0.25, 0.3) is 0 Å². The van der Waals surface area contributed by atoms with E-state index in [0.29, 0.717) is 17.2 Å². The van der Waals surface area contributed by atoms with Gasteiger partial charge in [-0.05, 0) is 55.3 Å². The Balaban J connectivity index is 1.96. The minimum absolute atomic E-state index is 0.0214. The second-order valence-corrected chi connectivity index (χ2v) is 9.83. The average Bonchev–Trinajstić information content (AvgIpc) is 2.84. The molecule has 0 bridgehead atoms. The highest BCUT2D eigenvalue weighted by molar-refractivity contribution is 7.92. The number of amides is 1. The number of anilines is 1. The first-order chi connectivity index (χ1) is 16.7. The molecular weight excluding hydrogens is 468 g/mol. The highest BCUT2D eigenvalue weighted by Crippen LogP contribution is 2.32. The van der Waals surface area contributed by atoms with E-state index in [1.165, 1.54) is 32.4 Å². The Morgan fingerprint density at radius 3 is 2.09 bits per heavy atom. The van der Waals surface area contributed by atoms with Crippen LogP contribution in [-0.4, -0.2) is 42.2 Å². The summed E-state index contributed by atoms with van der Waals surface area (Å²) in [7, 11) is 0.334. The number of para-hydroxylation sites is 1. The topological polar surface area (TPSA) is 94.2 Å². The van der Waals surface area contributed by atoms with Gasteiger partial charge in [-0.15, -0.1) is 0 Å². The first-order valence-corrected chi connectivity index (χ1v) is 12.3. The molecule has 0 heterocycles. The molecule has 186 valence electrons. The number of carbonyl (C=O) groups is 1. The molecule has 0 unspecified atom stereocenters. The maximum atomic E-state index is 13.8. The van der Waals surface area contributed by atoms with Gasteiger partial charge >= 0.3 is 0 Å². The Hall–Kier alpha value is -3.72. The van der Waals surface area contributed by atoms with Crippen molar-refractivity contribution in [2.24, 2.45) is 0 Å². The van der Waals surface area contributed by atoms with Gasteiger partial charge in [-0.1, -0.05) is 24.3 Å². The molecule has 0 aliphatic carbocycles. The number of aryl methyl sites for hydroxylation is 2. The fraction of sp³-hybridized carbons (Fsp3) is 0.269. The third-order valence-electron chi connectivity index (χ3n) is 5.39. The molecule has 3 aromatic carbocycles. The zero-order chi connectivity index (χ0) is 25.6. The van der Waals surface area contributed by atoms with E-state index in [-0.39, 0.29) is 17.2 Å². The van der Waals surface area contributed by atoms with Crippen LogP contribution in [0.3, 0.4) is 0 Å². The van der Waals surface area contributed by atoms with Crippen LogP contribution >= 0.6 is 0 Å². The number of methoxy groups -OCH3 is 3. The molecule has 9 heteroatoms. The molecule has 1 N–H and O–H groups in total. The summed E-state index contributed by atoms with van der Waals surface area (Å²) in [6, 6.07) is 17.0. The maximum Gasteiger partial charge on any atom is 0.264 e. The molecule has 0 aliphatic heterocycles. The van der Waals surface area contributed by atoms with E-state index in [2.05, 4.69) is 5.32 Å². The number of nitrogens with zero attached hydrogens (tertiary/aromatic N) is 1. The number of hydrogen-bond donors (Lipinski definition) is 1. The van der Waals surface area contributed by atoms with E-state index in [0.717, 1.165) is 21.0 Å². The average molecular weight is 499 g/mol. The summed E-state index contributed by atoms with van der Waals surface area (Å²) in [6.07, 6.45) is 0. The van der Waals surface area contributed by atoms with Crippen molar-refractivity contribution in [2.45, 2.75) is 25.3 Å².